The van der Waals surface area contributed by atoms with Gasteiger partial charge in [0.2, 0.25) is 0 Å². The maximum absolute atomic E-state index is 12.8. The molecule has 0 saturated heterocycles. The number of benzene rings is 1. The minimum absolute atomic E-state index is 0.240. The molecule has 9 nitrogen and oxygen atoms in total. The van der Waals surface area contributed by atoms with Crippen LogP contribution in [-0.4, -0.2) is 29.8 Å². The van der Waals surface area contributed by atoms with Gasteiger partial charge in [0.25, 0.3) is 11.5 Å². The van der Waals surface area contributed by atoms with Crippen molar-refractivity contribution in [2.45, 2.75) is 6.92 Å². The summed E-state index contributed by atoms with van der Waals surface area (Å²) < 4.78 is 3.97. The number of fused-ring (bicyclic) bond motifs is 1. The molecule has 3 aromatic heterocycles. The van der Waals surface area contributed by atoms with Crippen molar-refractivity contribution in [1.82, 2.24) is 23.9 Å². The van der Waals surface area contributed by atoms with Crippen molar-refractivity contribution in [2.75, 3.05) is 5.32 Å². The molecule has 0 aliphatic rings. The van der Waals surface area contributed by atoms with Crippen LogP contribution in [0.15, 0.2) is 58.4 Å². The van der Waals surface area contributed by atoms with E-state index in [9.17, 15) is 14.4 Å². The van der Waals surface area contributed by atoms with Gasteiger partial charge in [-0.2, -0.15) is 5.10 Å². The predicted octanol–water partition coefficient (Wildman–Crippen LogP) is 1.38. The molecule has 0 saturated carbocycles. The fourth-order valence-electron chi connectivity index (χ4n) is 3.19. The number of aromatic nitrogens is 5. The molecule has 0 radical (unpaired) electrons. The summed E-state index contributed by atoms with van der Waals surface area (Å²) in [5.74, 6) is -0.368. The third-order valence-corrected chi connectivity index (χ3v) is 4.81. The summed E-state index contributed by atoms with van der Waals surface area (Å²) in [6, 6.07) is 11.0. The molecule has 0 bridgehead atoms. The third-order valence-electron chi connectivity index (χ3n) is 4.81. The summed E-state index contributed by atoms with van der Waals surface area (Å²) in [5, 5.41) is 7.28. The molecule has 4 rings (SSSR count). The van der Waals surface area contributed by atoms with Crippen molar-refractivity contribution in [3.63, 3.8) is 0 Å². The number of amides is 1. The first-order chi connectivity index (χ1) is 13.9. The van der Waals surface area contributed by atoms with Crippen LogP contribution in [0.2, 0.25) is 0 Å². The average Bonchev–Trinajstić information content (AvgIpc) is 3.12. The van der Waals surface area contributed by atoms with E-state index >= 15 is 0 Å². The molecule has 9 heteroatoms. The van der Waals surface area contributed by atoms with Crippen LogP contribution in [0.4, 0.5) is 5.69 Å². The maximum atomic E-state index is 12.8. The number of pyridine rings is 1. The molecular formula is C20H18N6O3. The smallest absolute Gasteiger partial charge is 0.320 e. The number of nitrogens with one attached hydrogen (secondary N) is 1. The van der Waals surface area contributed by atoms with Crippen LogP contribution in [-0.2, 0) is 14.1 Å². The van der Waals surface area contributed by atoms with Gasteiger partial charge >= 0.3 is 5.69 Å². The van der Waals surface area contributed by atoms with Crippen LogP contribution in [0, 0.1) is 6.92 Å². The zero-order valence-electron chi connectivity index (χ0n) is 16.1. The quantitative estimate of drug-likeness (QED) is 0.569. The SMILES string of the molecule is Cc1c(C(=O)Nc2cnc3c(c2)c(=O)n(C)c(=O)n3C)cnn1-c1ccccc1. The Kier molecular flexibility index (Phi) is 4.34. The fourth-order valence-corrected chi connectivity index (χ4v) is 3.19. The van der Waals surface area contributed by atoms with Gasteiger partial charge in [0.05, 0.1) is 40.4 Å². The highest BCUT2D eigenvalue weighted by molar-refractivity contribution is 6.05. The molecule has 0 aliphatic heterocycles. The van der Waals surface area contributed by atoms with Gasteiger partial charge in [0.1, 0.15) is 5.65 Å². The molecule has 4 aromatic rings. The van der Waals surface area contributed by atoms with Crippen molar-refractivity contribution in [2.24, 2.45) is 14.1 Å². The first-order valence-corrected chi connectivity index (χ1v) is 8.85. The van der Waals surface area contributed by atoms with E-state index in [4.69, 9.17) is 0 Å². The Morgan fingerprint density at radius 3 is 2.48 bits per heavy atom. The van der Waals surface area contributed by atoms with Gasteiger partial charge in [-0.3, -0.25) is 18.7 Å². The predicted molar refractivity (Wildman–Crippen MR) is 108 cm³/mol. The fraction of sp³-hybridized carbons (Fsp3) is 0.150. The Labute approximate surface area is 164 Å². The number of nitrogens with zero attached hydrogens (tertiary/aromatic N) is 5. The van der Waals surface area contributed by atoms with Crippen LogP contribution >= 0.6 is 0 Å². The third kappa shape index (κ3) is 3.02. The lowest BCUT2D eigenvalue weighted by molar-refractivity contribution is 0.102. The lowest BCUT2D eigenvalue weighted by Gasteiger charge is -2.09. The van der Waals surface area contributed by atoms with Gasteiger partial charge in [-0.15, -0.1) is 0 Å². The highest BCUT2D eigenvalue weighted by Crippen LogP contribution is 2.17. The van der Waals surface area contributed by atoms with Gasteiger partial charge in [0.15, 0.2) is 0 Å². The first kappa shape index (κ1) is 18.4. The first-order valence-electron chi connectivity index (χ1n) is 8.85. The van der Waals surface area contributed by atoms with E-state index in [1.165, 1.54) is 37.1 Å². The number of carbonyl (C=O) groups is 1. The minimum atomic E-state index is -0.472. The molecule has 0 spiro atoms. The van der Waals surface area contributed by atoms with Crippen molar-refractivity contribution in [1.29, 1.82) is 0 Å². The second kappa shape index (κ2) is 6.86. The van der Waals surface area contributed by atoms with Crippen LogP contribution in [0.1, 0.15) is 16.1 Å². The molecule has 1 N–H and O–H groups in total. The molecule has 0 fully saturated rings. The summed E-state index contributed by atoms with van der Waals surface area (Å²) in [6.45, 7) is 1.80. The van der Waals surface area contributed by atoms with E-state index in [0.717, 1.165) is 10.3 Å². The Bertz CT molecular complexity index is 1360. The minimum Gasteiger partial charge on any atom is -0.320 e. The molecule has 1 aromatic carbocycles. The van der Waals surface area contributed by atoms with E-state index in [0.29, 0.717) is 16.9 Å². The van der Waals surface area contributed by atoms with E-state index in [1.807, 2.05) is 30.3 Å². The number of carbonyl (C=O) groups excluding carboxylic acids is 1. The van der Waals surface area contributed by atoms with E-state index < -0.39 is 11.2 Å². The Morgan fingerprint density at radius 2 is 1.76 bits per heavy atom. The molecule has 1 amide bonds. The van der Waals surface area contributed by atoms with Crippen LogP contribution in [0.25, 0.3) is 16.7 Å². The maximum Gasteiger partial charge on any atom is 0.332 e. The van der Waals surface area contributed by atoms with Crippen LogP contribution in [0.3, 0.4) is 0 Å². The monoisotopic (exact) mass is 390 g/mol. The van der Waals surface area contributed by atoms with Crippen LogP contribution in [0.5, 0.6) is 0 Å². The molecule has 0 atom stereocenters. The van der Waals surface area contributed by atoms with E-state index in [1.54, 1.807) is 11.6 Å². The van der Waals surface area contributed by atoms with Crippen molar-refractivity contribution < 1.29 is 4.79 Å². The number of anilines is 1. The highest BCUT2D eigenvalue weighted by Gasteiger charge is 2.17. The number of hydrogen-bond acceptors (Lipinski definition) is 5. The van der Waals surface area contributed by atoms with Crippen molar-refractivity contribution >= 4 is 22.6 Å². The summed E-state index contributed by atoms with van der Waals surface area (Å²) in [6.07, 6.45) is 2.91. The summed E-state index contributed by atoms with van der Waals surface area (Å²) in [7, 11) is 2.94. The summed E-state index contributed by atoms with van der Waals surface area (Å²) in [4.78, 5) is 41.4. The van der Waals surface area contributed by atoms with Gasteiger partial charge < -0.3 is 5.32 Å². The average molecular weight is 390 g/mol. The lowest BCUT2D eigenvalue weighted by atomic mass is 10.2. The van der Waals surface area contributed by atoms with Crippen molar-refractivity contribution in [3.8, 4) is 5.69 Å². The normalized spacial score (nSPS) is 11.0. The van der Waals surface area contributed by atoms with Gasteiger partial charge in [-0.1, -0.05) is 18.2 Å². The zero-order valence-corrected chi connectivity index (χ0v) is 16.1. The summed E-state index contributed by atoms with van der Waals surface area (Å²) >= 11 is 0. The number of hydrogen-bond donors (Lipinski definition) is 1. The van der Waals surface area contributed by atoms with E-state index in [-0.39, 0.29) is 16.9 Å². The molecule has 0 unspecified atom stereocenters. The van der Waals surface area contributed by atoms with Gasteiger partial charge in [-0.25, -0.2) is 14.5 Å². The zero-order chi connectivity index (χ0) is 20.7. The van der Waals surface area contributed by atoms with Crippen molar-refractivity contribution in [3.05, 3.63) is 80.9 Å². The Morgan fingerprint density at radius 1 is 1.03 bits per heavy atom. The molecule has 146 valence electrons. The number of aryl methyl sites for hydroxylation is 1. The van der Waals surface area contributed by atoms with Crippen LogP contribution < -0.4 is 16.6 Å². The molecule has 0 aliphatic carbocycles. The molecular weight excluding hydrogens is 372 g/mol. The number of rotatable bonds is 3. The second-order valence-corrected chi connectivity index (χ2v) is 6.65. The lowest BCUT2D eigenvalue weighted by Crippen LogP contribution is -2.37. The molecule has 3 heterocycles. The second-order valence-electron chi connectivity index (χ2n) is 6.65. The standard InChI is InChI=1S/C20H18N6O3/c1-12-16(11-22-26(12)14-7-5-4-6-8-14)18(27)23-13-9-15-17(21-10-13)24(2)20(29)25(3)19(15)28/h4-11H,1-3H3,(H,23,27). The Balaban J connectivity index is 1.69. The molecule has 29 heavy (non-hydrogen) atoms. The largest absolute Gasteiger partial charge is 0.332 e. The topological polar surface area (TPSA) is 104 Å². The highest BCUT2D eigenvalue weighted by atomic mass is 16.2. The van der Waals surface area contributed by atoms with E-state index in [2.05, 4.69) is 15.4 Å². The summed E-state index contributed by atoms with van der Waals surface area (Å²) in [5.41, 5.74) is 1.61. The Hall–Kier alpha value is -4.01. The number of para-hydroxylation sites is 1. The van der Waals surface area contributed by atoms with Gasteiger partial charge in [0, 0.05) is 14.1 Å². The van der Waals surface area contributed by atoms with Gasteiger partial charge in [-0.05, 0) is 25.1 Å².